The highest BCUT2D eigenvalue weighted by Crippen LogP contribution is 2.21. The van der Waals surface area contributed by atoms with Gasteiger partial charge in [-0.05, 0) is 22.8 Å². The predicted octanol–water partition coefficient (Wildman–Crippen LogP) is 3.36. The molecule has 1 heterocycles. The summed E-state index contributed by atoms with van der Waals surface area (Å²) in [5.74, 6) is 0. The first-order valence-electron chi connectivity index (χ1n) is 7.17. The van der Waals surface area contributed by atoms with E-state index in [4.69, 9.17) is 4.43 Å². The van der Waals surface area contributed by atoms with E-state index in [1.807, 2.05) is 0 Å². The van der Waals surface area contributed by atoms with Gasteiger partial charge in [-0.3, -0.25) is 0 Å². The molecule has 3 rings (SSSR count). The van der Waals surface area contributed by atoms with Crippen LogP contribution in [-0.2, 0) is 4.43 Å². The van der Waals surface area contributed by atoms with Gasteiger partial charge in [-0.25, -0.2) is 0 Å². The second kappa shape index (κ2) is 7.22. The van der Waals surface area contributed by atoms with E-state index in [0.29, 0.717) is 0 Å². The Morgan fingerprint density at radius 1 is 0.750 bits per heavy atom. The van der Waals surface area contributed by atoms with Crippen molar-refractivity contribution in [2.24, 2.45) is 0 Å². The molecule has 0 unspecified atom stereocenters. The van der Waals surface area contributed by atoms with Crippen LogP contribution in [0.2, 0.25) is 6.04 Å². The lowest BCUT2D eigenvalue weighted by Gasteiger charge is -2.35. The fourth-order valence-electron chi connectivity index (χ4n) is 2.83. The van der Waals surface area contributed by atoms with E-state index < -0.39 is 8.32 Å². The molecule has 1 aliphatic rings. The van der Waals surface area contributed by atoms with Crippen LogP contribution in [0.5, 0.6) is 0 Å². The highest BCUT2D eigenvalue weighted by atomic mass is 28.4. The van der Waals surface area contributed by atoms with Crippen LogP contribution in [0.3, 0.4) is 0 Å². The van der Waals surface area contributed by atoms with Crippen LogP contribution in [0.4, 0.5) is 0 Å². The van der Waals surface area contributed by atoms with Gasteiger partial charge in [0.15, 0.2) is 0 Å². The molecule has 0 atom stereocenters. The molecule has 2 heteroatoms. The van der Waals surface area contributed by atoms with Gasteiger partial charge in [-0.2, -0.15) is 0 Å². The van der Waals surface area contributed by atoms with Crippen molar-refractivity contribution in [3.05, 3.63) is 73.8 Å². The number of hydrogen-bond donors (Lipinski definition) is 0. The summed E-state index contributed by atoms with van der Waals surface area (Å²) in [6.07, 6.45) is 2.49. The highest BCUT2D eigenvalue weighted by Gasteiger charge is 2.40. The van der Waals surface area contributed by atoms with Gasteiger partial charge in [0.2, 0.25) is 0 Å². The maximum atomic E-state index is 6.38. The molecule has 2 aromatic rings. The summed E-state index contributed by atoms with van der Waals surface area (Å²) in [7, 11) is -1.93. The van der Waals surface area contributed by atoms with E-state index in [9.17, 15) is 0 Å². The molecule has 1 aliphatic heterocycles. The van der Waals surface area contributed by atoms with Gasteiger partial charge in [0.25, 0.3) is 8.32 Å². The zero-order valence-corrected chi connectivity index (χ0v) is 12.9. The molecule has 0 N–H and O–H groups in total. The molecule has 0 radical (unpaired) electrons. The fraction of sp³-hybridized carbons (Fsp3) is 0.222. The lowest BCUT2D eigenvalue weighted by atomic mass is 10.3. The summed E-state index contributed by atoms with van der Waals surface area (Å²) in [4.78, 5) is 0. The third-order valence-corrected chi connectivity index (χ3v) is 8.04. The molecule has 1 fully saturated rings. The van der Waals surface area contributed by atoms with Crippen LogP contribution < -0.4 is 10.4 Å². The van der Waals surface area contributed by atoms with E-state index in [-0.39, 0.29) is 0 Å². The van der Waals surface area contributed by atoms with Crippen molar-refractivity contribution in [1.82, 2.24) is 0 Å². The Balaban J connectivity index is 0.000000704. The first-order chi connectivity index (χ1) is 9.92. The molecule has 0 saturated carbocycles. The third-order valence-electron chi connectivity index (χ3n) is 3.75. The Hall–Kier alpha value is -1.64. The zero-order chi connectivity index (χ0) is 14.3. The van der Waals surface area contributed by atoms with Gasteiger partial charge >= 0.3 is 0 Å². The summed E-state index contributed by atoms with van der Waals surface area (Å²) in [6, 6.07) is 22.9. The van der Waals surface area contributed by atoms with Gasteiger partial charge in [0.1, 0.15) is 0 Å². The summed E-state index contributed by atoms with van der Waals surface area (Å²) in [5.41, 5.74) is 0. The summed E-state index contributed by atoms with van der Waals surface area (Å²) in [5, 5.41) is 2.83. The molecule has 20 heavy (non-hydrogen) atoms. The topological polar surface area (TPSA) is 9.23 Å². The minimum Gasteiger partial charge on any atom is -0.408 e. The van der Waals surface area contributed by atoms with Crippen molar-refractivity contribution in [3.63, 3.8) is 0 Å². The van der Waals surface area contributed by atoms with Crippen molar-refractivity contribution < 1.29 is 4.43 Å². The molecule has 104 valence electrons. The van der Waals surface area contributed by atoms with Crippen LogP contribution in [0.1, 0.15) is 12.8 Å². The summed E-state index contributed by atoms with van der Waals surface area (Å²) < 4.78 is 6.38. The van der Waals surface area contributed by atoms with Crippen LogP contribution in [0.15, 0.2) is 73.8 Å². The smallest absolute Gasteiger partial charge is 0.255 e. The highest BCUT2D eigenvalue weighted by molar-refractivity contribution is 6.97. The van der Waals surface area contributed by atoms with Crippen molar-refractivity contribution in [2.45, 2.75) is 18.9 Å². The summed E-state index contributed by atoms with van der Waals surface area (Å²) >= 11 is 0. The van der Waals surface area contributed by atoms with E-state index in [1.165, 1.54) is 29.3 Å². The Labute approximate surface area is 123 Å². The molecule has 2 aromatic carbocycles. The molecule has 1 nitrogen and oxygen atoms in total. The second-order valence-electron chi connectivity index (χ2n) is 4.86. The molecule has 0 aliphatic carbocycles. The Bertz CT molecular complexity index is 462. The molecular weight excluding hydrogens is 260 g/mol. The van der Waals surface area contributed by atoms with Gasteiger partial charge in [-0.15, -0.1) is 13.2 Å². The van der Waals surface area contributed by atoms with Gasteiger partial charge in [0, 0.05) is 6.61 Å². The fourth-order valence-corrected chi connectivity index (χ4v) is 6.92. The molecule has 0 spiro atoms. The first kappa shape index (κ1) is 14.8. The van der Waals surface area contributed by atoms with Crippen LogP contribution in [0, 0.1) is 0 Å². The van der Waals surface area contributed by atoms with Gasteiger partial charge < -0.3 is 4.43 Å². The van der Waals surface area contributed by atoms with Crippen LogP contribution >= 0.6 is 0 Å². The molecular formula is C18H22OSi. The SMILES string of the molecule is C=C.c1ccc([Si]2(c3ccccc3)CCCCO2)cc1. The van der Waals surface area contributed by atoms with Crippen molar-refractivity contribution in [3.8, 4) is 0 Å². The molecule has 0 aromatic heterocycles. The lowest BCUT2D eigenvalue weighted by molar-refractivity contribution is 0.284. The van der Waals surface area contributed by atoms with E-state index in [2.05, 4.69) is 73.8 Å². The van der Waals surface area contributed by atoms with Crippen LogP contribution in [-0.4, -0.2) is 14.9 Å². The monoisotopic (exact) mass is 282 g/mol. The molecule has 0 bridgehead atoms. The minimum atomic E-state index is -1.93. The third kappa shape index (κ3) is 2.92. The average Bonchev–Trinajstić information content (AvgIpc) is 2.59. The van der Waals surface area contributed by atoms with Crippen molar-refractivity contribution in [1.29, 1.82) is 0 Å². The normalized spacial score (nSPS) is 16.8. The zero-order valence-electron chi connectivity index (χ0n) is 11.9. The standard InChI is InChI=1S/C16H18OSi.C2H4/c1-3-9-15(10-4-1)18(14-8-7-13-17-18)16-11-5-2-6-12-16;1-2/h1-6,9-12H,7-8,13-14H2;1-2H2. The van der Waals surface area contributed by atoms with Crippen molar-refractivity contribution in [2.75, 3.05) is 6.61 Å². The Kier molecular flexibility index (Phi) is 5.33. The average molecular weight is 282 g/mol. The lowest BCUT2D eigenvalue weighted by Crippen LogP contribution is -2.62. The second-order valence-corrected chi connectivity index (χ2v) is 8.46. The quantitative estimate of drug-likeness (QED) is 0.606. The van der Waals surface area contributed by atoms with E-state index in [1.54, 1.807) is 0 Å². The Morgan fingerprint density at radius 3 is 1.65 bits per heavy atom. The maximum absolute atomic E-state index is 6.38. The maximum Gasteiger partial charge on any atom is 0.255 e. The first-order valence-corrected chi connectivity index (χ1v) is 9.28. The Morgan fingerprint density at radius 2 is 1.25 bits per heavy atom. The predicted molar refractivity (Wildman–Crippen MR) is 89.2 cm³/mol. The molecule has 0 amide bonds. The largest absolute Gasteiger partial charge is 0.408 e. The van der Waals surface area contributed by atoms with Gasteiger partial charge in [0.05, 0.1) is 0 Å². The van der Waals surface area contributed by atoms with Crippen molar-refractivity contribution >= 4 is 18.7 Å². The number of hydrogen-bond acceptors (Lipinski definition) is 1. The number of benzene rings is 2. The van der Waals surface area contributed by atoms with E-state index >= 15 is 0 Å². The van der Waals surface area contributed by atoms with Gasteiger partial charge in [-0.1, -0.05) is 67.1 Å². The minimum absolute atomic E-state index is 0.913. The number of rotatable bonds is 2. The van der Waals surface area contributed by atoms with Crippen LogP contribution in [0.25, 0.3) is 0 Å². The summed E-state index contributed by atoms with van der Waals surface area (Å²) in [6.45, 7) is 6.91. The van der Waals surface area contributed by atoms with E-state index in [0.717, 1.165) is 6.61 Å². The molecule has 1 saturated heterocycles.